The lowest BCUT2D eigenvalue weighted by Crippen LogP contribution is -2.20. The van der Waals surface area contributed by atoms with Gasteiger partial charge in [0.05, 0.1) is 11.3 Å². The number of ether oxygens (including phenoxy) is 1. The van der Waals surface area contributed by atoms with Crippen LogP contribution in [0.3, 0.4) is 0 Å². The topological polar surface area (TPSA) is 72.3 Å². The molecule has 24 heavy (non-hydrogen) atoms. The first-order valence-electron chi connectivity index (χ1n) is 7.52. The predicted molar refractivity (Wildman–Crippen MR) is 90.4 cm³/mol. The summed E-state index contributed by atoms with van der Waals surface area (Å²) in [5.41, 5.74) is 2.68. The summed E-state index contributed by atoms with van der Waals surface area (Å²) >= 11 is 5.98. The Labute approximate surface area is 142 Å². The molecule has 7 heteroatoms. The van der Waals surface area contributed by atoms with Gasteiger partial charge in [-0.25, -0.2) is 4.79 Å². The lowest BCUT2D eigenvalue weighted by atomic mass is 10.0. The summed E-state index contributed by atoms with van der Waals surface area (Å²) in [6.45, 7) is 0.0268. The van der Waals surface area contributed by atoms with Crippen molar-refractivity contribution in [3.05, 3.63) is 45.5 Å². The highest BCUT2D eigenvalue weighted by molar-refractivity contribution is 6.30. The standard InChI is InChI=1S/C17H13ClN4O2/c1-2-9-24-16-19-15-13(10-5-7-12(18)8-6-10)14(11-3-4-11)21-22(15)17(23)20-16/h1,5-8,11H,3-4,9H2,(H,19,20,23). The van der Waals surface area contributed by atoms with Gasteiger partial charge in [-0.2, -0.15) is 14.6 Å². The normalized spacial score (nSPS) is 13.8. The van der Waals surface area contributed by atoms with E-state index in [0.717, 1.165) is 29.7 Å². The molecule has 0 unspecified atom stereocenters. The largest absolute Gasteiger partial charge is 0.451 e. The number of aromatic amines is 1. The van der Waals surface area contributed by atoms with E-state index in [1.807, 2.05) is 12.1 Å². The van der Waals surface area contributed by atoms with Crippen LogP contribution in [0.15, 0.2) is 29.1 Å². The maximum Gasteiger partial charge on any atom is 0.352 e. The molecule has 1 N–H and O–H groups in total. The van der Waals surface area contributed by atoms with Crippen LogP contribution in [-0.2, 0) is 0 Å². The van der Waals surface area contributed by atoms with Crippen molar-refractivity contribution in [2.75, 3.05) is 6.61 Å². The fraction of sp³-hybridized carbons (Fsp3) is 0.235. The second-order valence-corrected chi connectivity index (χ2v) is 6.05. The minimum atomic E-state index is -0.408. The van der Waals surface area contributed by atoms with Crippen LogP contribution < -0.4 is 10.4 Å². The van der Waals surface area contributed by atoms with E-state index in [-0.39, 0.29) is 12.6 Å². The fourth-order valence-electron chi connectivity index (χ4n) is 2.65. The van der Waals surface area contributed by atoms with Crippen molar-refractivity contribution in [2.45, 2.75) is 18.8 Å². The molecule has 1 aliphatic rings. The number of nitrogens with one attached hydrogen (secondary N) is 1. The van der Waals surface area contributed by atoms with E-state index in [0.29, 0.717) is 16.6 Å². The number of aromatic nitrogens is 4. The highest BCUT2D eigenvalue weighted by Gasteiger charge is 2.32. The van der Waals surface area contributed by atoms with Crippen molar-refractivity contribution in [3.8, 4) is 29.5 Å². The zero-order chi connectivity index (χ0) is 16.7. The molecule has 2 heterocycles. The van der Waals surface area contributed by atoms with E-state index in [1.54, 1.807) is 12.1 Å². The van der Waals surface area contributed by atoms with Crippen LogP contribution in [0.2, 0.25) is 5.02 Å². The molecule has 1 saturated carbocycles. The first-order valence-corrected chi connectivity index (χ1v) is 7.90. The van der Waals surface area contributed by atoms with Crippen molar-refractivity contribution in [2.24, 2.45) is 0 Å². The van der Waals surface area contributed by atoms with Crippen molar-refractivity contribution in [1.29, 1.82) is 0 Å². The Hall–Kier alpha value is -2.78. The van der Waals surface area contributed by atoms with Gasteiger partial charge in [0, 0.05) is 10.9 Å². The summed E-state index contributed by atoms with van der Waals surface area (Å²) in [5.74, 6) is 2.70. The van der Waals surface area contributed by atoms with Gasteiger partial charge in [0.15, 0.2) is 12.3 Å². The van der Waals surface area contributed by atoms with Crippen molar-refractivity contribution in [1.82, 2.24) is 19.6 Å². The van der Waals surface area contributed by atoms with E-state index in [4.69, 9.17) is 22.8 Å². The molecule has 0 spiro atoms. The molecule has 120 valence electrons. The molecule has 0 amide bonds. The molecule has 6 nitrogen and oxygen atoms in total. The Morgan fingerprint density at radius 1 is 1.38 bits per heavy atom. The van der Waals surface area contributed by atoms with Crippen molar-refractivity contribution < 1.29 is 4.74 Å². The summed E-state index contributed by atoms with van der Waals surface area (Å²) in [4.78, 5) is 19.2. The van der Waals surface area contributed by atoms with Gasteiger partial charge < -0.3 is 4.74 Å². The first kappa shape index (κ1) is 14.8. The van der Waals surface area contributed by atoms with E-state index in [2.05, 4.69) is 21.0 Å². The Kier molecular flexibility index (Phi) is 3.51. The van der Waals surface area contributed by atoms with Crippen LogP contribution >= 0.6 is 11.6 Å². The van der Waals surface area contributed by atoms with Gasteiger partial charge in [-0.05, 0) is 30.5 Å². The molecule has 0 aliphatic heterocycles. The molecular weight excluding hydrogens is 328 g/mol. The molecule has 4 rings (SSSR count). The monoisotopic (exact) mass is 340 g/mol. The maximum atomic E-state index is 12.3. The number of benzene rings is 1. The fourth-order valence-corrected chi connectivity index (χ4v) is 2.78. The van der Waals surface area contributed by atoms with Gasteiger partial charge in [-0.3, -0.25) is 4.98 Å². The quantitative estimate of drug-likeness (QED) is 0.741. The highest BCUT2D eigenvalue weighted by atomic mass is 35.5. The predicted octanol–water partition coefficient (Wildman–Crippen LogP) is 2.63. The zero-order valence-electron chi connectivity index (χ0n) is 12.6. The number of rotatable bonds is 4. The second kappa shape index (κ2) is 5.69. The smallest absolute Gasteiger partial charge is 0.352 e. The van der Waals surface area contributed by atoms with Gasteiger partial charge in [0.1, 0.15) is 0 Å². The first-order chi connectivity index (χ1) is 11.7. The van der Waals surface area contributed by atoms with Crippen molar-refractivity contribution >= 4 is 17.2 Å². The third-order valence-electron chi connectivity index (χ3n) is 3.89. The Morgan fingerprint density at radius 2 is 2.12 bits per heavy atom. The molecule has 2 aromatic heterocycles. The SMILES string of the molecule is C#CCOc1nc2c(-c3ccc(Cl)cc3)c(C3CC3)nn2c(=O)[nH]1. The zero-order valence-corrected chi connectivity index (χ0v) is 13.4. The second-order valence-electron chi connectivity index (χ2n) is 5.62. The van der Waals surface area contributed by atoms with Crippen LogP contribution in [0, 0.1) is 12.3 Å². The third kappa shape index (κ3) is 2.53. The summed E-state index contributed by atoms with van der Waals surface area (Å²) in [6.07, 6.45) is 7.31. The van der Waals surface area contributed by atoms with Gasteiger partial charge in [-0.1, -0.05) is 29.7 Å². The Morgan fingerprint density at radius 3 is 2.79 bits per heavy atom. The third-order valence-corrected chi connectivity index (χ3v) is 4.14. The van der Waals surface area contributed by atoms with Crippen LogP contribution in [0.5, 0.6) is 6.01 Å². The van der Waals surface area contributed by atoms with Gasteiger partial charge >= 0.3 is 11.7 Å². The number of terminal acetylenes is 1. The number of hydrogen-bond donors (Lipinski definition) is 1. The number of halogens is 1. The summed E-state index contributed by atoms with van der Waals surface area (Å²) in [7, 11) is 0. The molecule has 0 saturated heterocycles. The average molecular weight is 341 g/mol. The molecule has 0 atom stereocenters. The number of nitrogens with zero attached hydrogens (tertiary/aromatic N) is 3. The van der Waals surface area contributed by atoms with Crippen molar-refractivity contribution in [3.63, 3.8) is 0 Å². The number of H-pyrrole nitrogens is 1. The minimum Gasteiger partial charge on any atom is -0.451 e. The summed E-state index contributed by atoms with van der Waals surface area (Å²) < 4.78 is 6.55. The van der Waals surface area contributed by atoms with Crippen LogP contribution in [0.4, 0.5) is 0 Å². The van der Waals surface area contributed by atoms with E-state index in [9.17, 15) is 4.79 Å². The Bertz CT molecular complexity index is 1010. The molecule has 3 aromatic rings. The molecule has 1 fully saturated rings. The number of fused-ring (bicyclic) bond motifs is 1. The van der Waals surface area contributed by atoms with Crippen LogP contribution in [0.1, 0.15) is 24.5 Å². The van der Waals surface area contributed by atoms with Gasteiger partial charge in [-0.15, -0.1) is 6.42 Å². The minimum absolute atomic E-state index is 0.0268. The van der Waals surface area contributed by atoms with E-state index >= 15 is 0 Å². The maximum absolute atomic E-state index is 12.3. The Balaban J connectivity index is 1.96. The van der Waals surface area contributed by atoms with E-state index < -0.39 is 5.69 Å². The van der Waals surface area contributed by atoms with Gasteiger partial charge in [0.25, 0.3) is 0 Å². The van der Waals surface area contributed by atoms with Crippen LogP contribution in [0.25, 0.3) is 16.8 Å². The average Bonchev–Trinajstić information content (AvgIpc) is 3.35. The molecule has 0 radical (unpaired) electrons. The lowest BCUT2D eigenvalue weighted by molar-refractivity contribution is 0.337. The highest BCUT2D eigenvalue weighted by Crippen LogP contribution is 2.44. The van der Waals surface area contributed by atoms with Gasteiger partial charge in [0.2, 0.25) is 0 Å². The molecular formula is C17H13ClN4O2. The molecule has 1 aromatic carbocycles. The lowest BCUT2D eigenvalue weighted by Gasteiger charge is -2.04. The summed E-state index contributed by atoms with van der Waals surface area (Å²) in [5, 5.41) is 5.12. The van der Waals surface area contributed by atoms with E-state index in [1.165, 1.54) is 4.52 Å². The number of hydrogen-bond acceptors (Lipinski definition) is 4. The van der Waals surface area contributed by atoms with Crippen LogP contribution in [-0.4, -0.2) is 26.2 Å². The summed E-state index contributed by atoms with van der Waals surface area (Å²) in [6, 6.07) is 7.49. The molecule has 0 bridgehead atoms. The molecule has 1 aliphatic carbocycles.